The first-order valence-corrected chi connectivity index (χ1v) is 6.22. The van der Waals surface area contributed by atoms with Gasteiger partial charge in [-0.2, -0.15) is 0 Å². The van der Waals surface area contributed by atoms with Crippen LogP contribution in [0.3, 0.4) is 0 Å². The van der Waals surface area contributed by atoms with Gasteiger partial charge < -0.3 is 9.84 Å². The van der Waals surface area contributed by atoms with Crippen LogP contribution in [0.1, 0.15) is 10.4 Å². The molecule has 0 bridgehead atoms. The topological polar surface area (TPSA) is 89.7 Å². The molecule has 0 spiro atoms. The van der Waals surface area contributed by atoms with Crippen molar-refractivity contribution in [2.24, 2.45) is 0 Å². The summed E-state index contributed by atoms with van der Waals surface area (Å²) in [6.45, 7) is 0. The van der Waals surface area contributed by atoms with E-state index in [2.05, 4.69) is 15.9 Å². The van der Waals surface area contributed by atoms with E-state index in [1.165, 1.54) is 36.4 Å². The smallest absolute Gasteiger partial charge is 0.335 e. The summed E-state index contributed by atoms with van der Waals surface area (Å²) in [7, 11) is 0. The van der Waals surface area contributed by atoms with Gasteiger partial charge in [0.05, 0.1) is 15.0 Å². The fraction of sp³-hybridized carbons (Fsp3) is 0. The van der Waals surface area contributed by atoms with E-state index in [4.69, 9.17) is 9.84 Å². The third-order valence-corrected chi connectivity index (χ3v) is 3.09. The molecule has 7 heteroatoms. The van der Waals surface area contributed by atoms with Crippen LogP contribution in [0.4, 0.5) is 5.69 Å². The fourth-order valence-corrected chi connectivity index (χ4v) is 1.96. The first-order chi connectivity index (χ1) is 9.49. The van der Waals surface area contributed by atoms with Crippen LogP contribution in [0, 0.1) is 10.1 Å². The zero-order valence-electron chi connectivity index (χ0n) is 9.95. The standard InChI is InChI=1S/C13H8BrNO5/c14-10-2-1-3-11(15(18)19)12(10)20-9-6-4-8(5-7-9)13(16)17/h1-7H,(H,16,17). The van der Waals surface area contributed by atoms with Crippen molar-refractivity contribution < 1.29 is 19.6 Å². The van der Waals surface area contributed by atoms with Crippen LogP contribution in [-0.4, -0.2) is 16.0 Å². The van der Waals surface area contributed by atoms with E-state index >= 15 is 0 Å². The zero-order chi connectivity index (χ0) is 14.7. The molecule has 1 N–H and O–H groups in total. The Hall–Kier alpha value is -2.41. The molecule has 6 nitrogen and oxygen atoms in total. The molecule has 20 heavy (non-hydrogen) atoms. The summed E-state index contributed by atoms with van der Waals surface area (Å²) >= 11 is 3.19. The summed E-state index contributed by atoms with van der Waals surface area (Å²) < 4.78 is 5.89. The molecule has 0 saturated carbocycles. The average Bonchev–Trinajstić information content (AvgIpc) is 2.41. The summed E-state index contributed by atoms with van der Waals surface area (Å²) in [5, 5.41) is 19.7. The van der Waals surface area contributed by atoms with Gasteiger partial charge in [-0.25, -0.2) is 4.79 Å². The monoisotopic (exact) mass is 337 g/mol. The summed E-state index contributed by atoms with van der Waals surface area (Å²) in [6, 6.07) is 10.1. The Morgan fingerprint density at radius 1 is 1.20 bits per heavy atom. The summed E-state index contributed by atoms with van der Waals surface area (Å²) in [6.07, 6.45) is 0. The normalized spacial score (nSPS) is 10.1. The lowest BCUT2D eigenvalue weighted by Gasteiger charge is -2.08. The average molecular weight is 338 g/mol. The molecule has 0 saturated heterocycles. The SMILES string of the molecule is O=C(O)c1ccc(Oc2c(Br)cccc2[N+](=O)[O-])cc1. The lowest BCUT2D eigenvalue weighted by molar-refractivity contribution is -0.385. The highest BCUT2D eigenvalue weighted by atomic mass is 79.9. The van der Waals surface area contributed by atoms with Crippen molar-refractivity contribution in [1.82, 2.24) is 0 Å². The van der Waals surface area contributed by atoms with Gasteiger partial charge in [0.1, 0.15) is 5.75 Å². The number of nitro benzene ring substituents is 1. The van der Waals surface area contributed by atoms with Crippen LogP contribution in [-0.2, 0) is 0 Å². The number of carboxylic acid groups (broad SMARTS) is 1. The Kier molecular flexibility index (Phi) is 3.99. The van der Waals surface area contributed by atoms with Crippen molar-refractivity contribution in [3.8, 4) is 11.5 Å². The quantitative estimate of drug-likeness (QED) is 0.676. The van der Waals surface area contributed by atoms with Crippen molar-refractivity contribution in [1.29, 1.82) is 0 Å². The molecule has 0 atom stereocenters. The Balaban J connectivity index is 2.34. The van der Waals surface area contributed by atoms with Gasteiger partial charge in [0.15, 0.2) is 0 Å². The minimum atomic E-state index is -1.05. The van der Waals surface area contributed by atoms with E-state index in [-0.39, 0.29) is 17.0 Å². The molecule has 0 amide bonds. The largest absolute Gasteiger partial charge is 0.478 e. The van der Waals surface area contributed by atoms with E-state index in [1.54, 1.807) is 6.07 Å². The predicted octanol–water partition coefficient (Wildman–Crippen LogP) is 3.85. The molecular weight excluding hydrogens is 330 g/mol. The number of ether oxygens (including phenoxy) is 1. The first kappa shape index (κ1) is 14.0. The van der Waals surface area contributed by atoms with Crippen molar-refractivity contribution >= 4 is 27.6 Å². The molecule has 0 aromatic heterocycles. The van der Waals surface area contributed by atoms with Crippen LogP contribution < -0.4 is 4.74 Å². The summed E-state index contributed by atoms with van der Waals surface area (Å²) in [5.41, 5.74) is -0.0688. The summed E-state index contributed by atoms with van der Waals surface area (Å²) in [4.78, 5) is 21.1. The predicted molar refractivity (Wildman–Crippen MR) is 74.3 cm³/mol. The second kappa shape index (κ2) is 5.70. The Labute approximate surface area is 121 Å². The van der Waals surface area contributed by atoms with E-state index in [1.807, 2.05) is 0 Å². The van der Waals surface area contributed by atoms with Gasteiger partial charge in [0.2, 0.25) is 5.75 Å². The minimum absolute atomic E-state index is 0.0700. The second-order valence-electron chi connectivity index (χ2n) is 3.78. The molecular formula is C13H8BrNO5. The van der Waals surface area contributed by atoms with E-state index < -0.39 is 10.9 Å². The van der Waals surface area contributed by atoms with E-state index in [0.29, 0.717) is 10.2 Å². The number of rotatable bonds is 4. The Bertz CT molecular complexity index is 669. The van der Waals surface area contributed by atoms with Crippen LogP contribution in [0.15, 0.2) is 46.9 Å². The maximum Gasteiger partial charge on any atom is 0.335 e. The van der Waals surface area contributed by atoms with Gasteiger partial charge in [-0.15, -0.1) is 0 Å². The van der Waals surface area contributed by atoms with Crippen LogP contribution in [0.25, 0.3) is 0 Å². The molecule has 0 fully saturated rings. The molecule has 0 aliphatic carbocycles. The van der Waals surface area contributed by atoms with Crippen LogP contribution in [0.5, 0.6) is 11.5 Å². The Morgan fingerprint density at radius 3 is 2.40 bits per heavy atom. The van der Waals surface area contributed by atoms with Crippen molar-refractivity contribution in [3.63, 3.8) is 0 Å². The number of carbonyl (C=O) groups is 1. The lowest BCUT2D eigenvalue weighted by Crippen LogP contribution is -1.96. The number of carboxylic acids is 1. The summed E-state index contributed by atoms with van der Waals surface area (Å²) in [5.74, 6) is -0.672. The Morgan fingerprint density at radius 2 is 1.85 bits per heavy atom. The molecule has 2 aromatic rings. The third-order valence-electron chi connectivity index (χ3n) is 2.46. The minimum Gasteiger partial charge on any atom is -0.478 e. The number of para-hydroxylation sites is 1. The van der Waals surface area contributed by atoms with Gasteiger partial charge in [0.25, 0.3) is 0 Å². The first-order valence-electron chi connectivity index (χ1n) is 5.43. The maximum atomic E-state index is 10.9. The number of halogens is 1. The highest BCUT2D eigenvalue weighted by Gasteiger charge is 2.18. The van der Waals surface area contributed by atoms with Crippen molar-refractivity contribution in [2.75, 3.05) is 0 Å². The molecule has 0 aliphatic rings. The van der Waals surface area contributed by atoms with Gasteiger partial charge in [-0.05, 0) is 46.3 Å². The second-order valence-corrected chi connectivity index (χ2v) is 4.63. The van der Waals surface area contributed by atoms with Crippen molar-refractivity contribution in [2.45, 2.75) is 0 Å². The van der Waals surface area contributed by atoms with E-state index in [0.717, 1.165) is 0 Å². The number of nitro groups is 1. The molecule has 2 aromatic carbocycles. The van der Waals surface area contributed by atoms with E-state index in [9.17, 15) is 14.9 Å². The van der Waals surface area contributed by atoms with Gasteiger partial charge in [0, 0.05) is 6.07 Å². The van der Waals surface area contributed by atoms with Crippen LogP contribution >= 0.6 is 15.9 Å². The third kappa shape index (κ3) is 2.94. The number of aromatic carboxylic acids is 1. The molecule has 0 aliphatic heterocycles. The van der Waals surface area contributed by atoms with Gasteiger partial charge >= 0.3 is 11.7 Å². The van der Waals surface area contributed by atoms with Gasteiger partial charge in [-0.3, -0.25) is 10.1 Å². The van der Waals surface area contributed by atoms with Gasteiger partial charge in [-0.1, -0.05) is 6.07 Å². The number of benzene rings is 2. The number of hydrogen-bond donors (Lipinski definition) is 1. The fourth-order valence-electron chi connectivity index (χ4n) is 1.53. The maximum absolute atomic E-state index is 10.9. The highest BCUT2D eigenvalue weighted by Crippen LogP contribution is 2.37. The molecule has 0 unspecified atom stereocenters. The molecule has 2 rings (SSSR count). The van der Waals surface area contributed by atoms with Crippen molar-refractivity contribution in [3.05, 3.63) is 62.6 Å². The number of hydrogen-bond acceptors (Lipinski definition) is 4. The lowest BCUT2D eigenvalue weighted by atomic mass is 10.2. The van der Waals surface area contributed by atoms with Crippen LogP contribution in [0.2, 0.25) is 0 Å². The zero-order valence-corrected chi connectivity index (χ0v) is 11.5. The molecule has 0 radical (unpaired) electrons. The molecule has 0 heterocycles. The number of nitrogens with zero attached hydrogens (tertiary/aromatic N) is 1. The molecule has 102 valence electrons. The highest BCUT2D eigenvalue weighted by molar-refractivity contribution is 9.10.